The van der Waals surface area contributed by atoms with Gasteiger partial charge in [0.05, 0.1) is 37.3 Å². The molecule has 2 rings (SSSR count). The van der Waals surface area contributed by atoms with Crippen molar-refractivity contribution in [1.29, 1.82) is 0 Å². The number of anilines is 1. The number of rotatable bonds is 9. The van der Waals surface area contributed by atoms with Gasteiger partial charge in [0, 0.05) is 11.6 Å². The molecule has 11 nitrogen and oxygen atoms in total. The van der Waals surface area contributed by atoms with E-state index in [2.05, 4.69) is 10.5 Å². The van der Waals surface area contributed by atoms with E-state index in [1.807, 2.05) is 0 Å². The molecule has 0 spiro atoms. The Balaban J connectivity index is 2.10. The van der Waals surface area contributed by atoms with Crippen LogP contribution in [0.3, 0.4) is 0 Å². The van der Waals surface area contributed by atoms with Gasteiger partial charge in [-0.3, -0.25) is 19.2 Å². The minimum absolute atomic E-state index is 0.0875. The Labute approximate surface area is 173 Å². The molecule has 0 radical (unpaired) electrons. The molecule has 0 bridgehead atoms. The van der Waals surface area contributed by atoms with Crippen LogP contribution in [0.2, 0.25) is 0 Å². The van der Waals surface area contributed by atoms with Crippen molar-refractivity contribution in [3.05, 3.63) is 58.1 Å². The quantitative estimate of drug-likeness (QED) is 0.357. The van der Waals surface area contributed by atoms with Crippen molar-refractivity contribution < 1.29 is 27.6 Å². The number of benzene rings is 2. The summed E-state index contributed by atoms with van der Waals surface area (Å²) in [5.41, 5.74) is 2.57. The number of hydrogen-bond donors (Lipinski definition) is 1. The zero-order valence-electron chi connectivity index (χ0n) is 16.4. The number of hydrogen-bond acceptors (Lipinski definition) is 8. The van der Waals surface area contributed by atoms with Crippen LogP contribution in [0.5, 0.6) is 11.5 Å². The first-order valence-electron chi connectivity index (χ1n) is 8.42. The molecule has 0 aliphatic carbocycles. The van der Waals surface area contributed by atoms with E-state index in [4.69, 9.17) is 9.47 Å². The summed E-state index contributed by atoms with van der Waals surface area (Å²) in [6.07, 6.45) is 2.17. The van der Waals surface area contributed by atoms with Crippen LogP contribution < -0.4 is 19.2 Å². The van der Waals surface area contributed by atoms with E-state index >= 15 is 0 Å². The molecule has 1 amide bonds. The zero-order valence-corrected chi connectivity index (χ0v) is 17.3. The number of methoxy groups -OCH3 is 2. The lowest BCUT2D eigenvalue weighted by molar-refractivity contribution is -0.385. The molecule has 0 heterocycles. The van der Waals surface area contributed by atoms with Gasteiger partial charge < -0.3 is 9.47 Å². The van der Waals surface area contributed by atoms with Crippen molar-refractivity contribution in [3.8, 4) is 11.5 Å². The second-order valence-electron chi connectivity index (χ2n) is 5.95. The van der Waals surface area contributed by atoms with E-state index in [9.17, 15) is 23.3 Å². The number of carbonyl (C=O) groups excluding carboxylic acids is 1. The minimum Gasteiger partial charge on any atom is -0.497 e. The summed E-state index contributed by atoms with van der Waals surface area (Å²) in [6.45, 7) is -0.509. The maximum Gasteiger partial charge on any atom is 0.311 e. The summed E-state index contributed by atoms with van der Waals surface area (Å²) in [5, 5.41) is 14.8. The zero-order chi connectivity index (χ0) is 22.3. The first-order chi connectivity index (χ1) is 14.2. The molecule has 0 atom stereocenters. The first kappa shape index (κ1) is 22.6. The van der Waals surface area contributed by atoms with Gasteiger partial charge in [0.2, 0.25) is 10.0 Å². The van der Waals surface area contributed by atoms with Gasteiger partial charge in [0.25, 0.3) is 5.91 Å². The Morgan fingerprint density at radius 3 is 2.40 bits per heavy atom. The second-order valence-corrected chi connectivity index (χ2v) is 7.86. The number of hydrazone groups is 1. The maximum atomic E-state index is 12.2. The molecule has 12 heteroatoms. The lowest BCUT2D eigenvalue weighted by Gasteiger charge is -2.21. The summed E-state index contributed by atoms with van der Waals surface area (Å²) in [6, 6.07) is 10.3. The molecule has 160 valence electrons. The molecular formula is C18H20N4O7S. The van der Waals surface area contributed by atoms with Gasteiger partial charge in [0.1, 0.15) is 12.3 Å². The molecule has 30 heavy (non-hydrogen) atoms. The number of nitrogens with zero attached hydrogens (tertiary/aromatic N) is 3. The molecule has 0 saturated carbocycles. The number of nitrogens with one attached hydrogen (secondary N) is 1. The molecule has 2 aromatic rings. The van der Waals surface area contributed by atoms with Crippen LogP contribution >= 0.6 is 0 Å². The number of nitro groups is 1. The number of amides is 1. The van der Waals surface area contributed by atoms with Gasteiger partial charge >= 0.3 is 5.69 Å². The molecule has 0 fully saturated rings. The highest BCUT2D eigenvalue weighted by Gasteiger charge is 2.21. The largest absolute Gasteiger partial charge is 0.497 e. The third-order valence-electron chi connectivity index (χ3n) is 3.85. The maximum absolute atomic E-state index is 12.2. The van der Waals surface area contributed by atoms with Gasteiger partial charge in [-0.05, 0) is 36.4 Å². The van der Waals surface area contributed by atoms with Gasteiger partial charge in [0.15, 0.2) is 5.75 Å². The van der Waals surface area contributed by atoms with E-state index in [0.29, 0.717) is 11.3 Å². The van der Waals surface area contributed by atoms with Crippen molar-refractivity contribution in [1.82, 2.24) is 5.43 Å². The molecule has 0 aliphatic heterocycles. The highest BCUT2D eigenvalue weighted by atomic mass is 32.2. The van der Waals surface area contributed by atoms with E-state index < -0.39 is 27.4 Å². The van der Waals surface area contributed by atoms with Crippen LogP contribution in [0.4, 0.5) is 11.4 Å². The molecule has 0 aliphatic rings. The first-order valence-corrected chi connectivity index (χ1v) is 10.3. The Morgan fingerprint density at radius 1 is 1.20 bits per heavy atom. The van der Waals surface area contributed by atoms with Crippen LogP contribution in [0.25, 0.3) is 0 Å². The minimum atomic E-state index is -3.74. The number of carbonyl (C=O) groups is 1. The van der Waals surface area contributed by atoms with Crippen LogP contribution in [-0.2, 0) is 14.8 Å². The monoisotopic (exact) mass is 436 g/mol. The third-order valence-corrected chi connectivity index (χ3v) is 4.99. The van der Waals surface area contributed by atoms with Crippen LogP contribution in [0.1, 0.15) is 5.56 Å². The summed E-state index contributed by atoms with van der Waals surface area (Å²) in [4.78, 5) is 22.6. The third kappa shape index (κ3) is 5.91. The smallest absolute Gasteiger partial charge is 0.311 e. The predicted octanol–water partition coefficient (Wildman–Crippen LogP) is 1.53. The number of sulfonamides is 1. The van der Waals surface area contributed by atoms with E-state index in [1.165, 1.54) is 50.8 Å². The highest BCUT2D eigenvalue weighted by molar-refractivity contribution is 7.92. The Morgan fingerprint density at radius 2 is 1.87 bits per heavy atom. The Hall–Kier alpha value is -3.67. The van der Waals surface area contributed by atoms with Crippen LogP contribution in [0, 0.1) is 10.1 Å². The van der Waals surface area contributed by atoms with Crippen molar-refractivity contribution in [2.75, 3.05) is 31.3 Å². The van der Waals surface area contributed by atoms with Crippen molar-refractivity contribution in [2.24, 2.45) is 5.10 Å². The summed E-state index contributed by atoms with van der Waals surface area (Å²) in [7, 11) is -0.951. The molecule has 0 aromatic heterocycles. The van der Waals surface area contributed by atoms with E-state index in [0.717, 1.165) is 10.6 Å². The molecule has 0 unspecified atom stereocenters. The van der Waals surface area contributed by atoms with Gasteiger partial charge in [-0.15, -0.1) is 0 Å². The fourth-order valence-corrected chi connectivity index (χ4v) is 3.28. The predicted molar refractivity (Wildman–Crippen MR) is 111 cm³/mol. The topological polar surface area (TPSA) is 140 Å². The molecular weight excluding hydrogens is 416 g/mol. The summed E-state index contributed by atoms with van der Waals surface area (Å²) in [5.74, 6) is -0.0742. The molecule has 2 aromatic carbocycles. The highest BCUT2D eigenvalue weighted by Crippen LogP contribution is 2.26. The van der Waals surface area contributed by atoms with Crippen molar-refractivity contribution in [2.45, 2.75) is 0 Å². The SMILES string of the molecule is COc1ccc(N(CC(=O)N/N=C\c2ccc(OC)c([N+](=O)[O-])c2)S(C)(=O)=O)cc1. The fourth-order valence-electron chi connectivity index (χ4n) is 2.42. The molecule has 0 saturated heterocycles. The summed E-state index contributed by atoms with van der Waals surface area (Å²) < 4.78 is 35.0. The van der Waals surface area contributed by atoms with Crippen molar-refractivity contribution >= 4 is 33.5 Å². The van der Waals surface area contributed by atoms with E-state index in [-0.39, 0.29) is 17.1 Å². The average molecular weight is 436 g/mol. The second kappa shape index (κ2) is 9.69. The summed E-state index contributed by atoms with van der Waals surface area (Å²) >= 11 is 0. The van der Waals surface area contributed by atoms with Gasteiger partial charge in [-0.2, -0.15) is 5.10 Å². The van der Waals surface area contributed by atoms with E-state index in [1.54, 1.807) is 12.1 Å². The lowest BCUT2D eigenvalue weighted by atomic mass is 10.2. The number of ether oxygens (including phenoxy) is 2. The fraction of sp³-hybridized carbons (Fsp3) is 0.222. The van der Waals surface area contributed by atoms with Gasteiger partial charge in [-0.1, -0.05) is 0 Å². The Kier molecular flexibility index (Phi) is 7.31. The lowest BCUT2D eigenvalue weighted by Crippen LogP contribution is -2.39. The van der Waals surface area contributed by atoms with Crippen LogP contribution in [0.15, 0.2) is 47.6 Å². The Bertz CT molecular complexity index is 1050. The number of nitro benzene ring substituents is 1. The van der Waals surface area contributed by atoms with Crippen LogP contribution in [-0.4, -0.2) is 52.5 Å². The average Bonchev–Trinajstić information content (AvgIpc) is 2.71. The van der Waals surface area contributed by atoms with Gasteiger partial charge in [-0.25, -0.2) is 13.8 Å². The van der Waals surface area contributed by atoms with Crippen molar-refractivity contribution in [3.63, 3.8) is 0 Å². The standard InChI is InChI=1S/C18H20N4O7S/c1-28-15-7-5-14(6-8-15)21(30(3,26)27)12-18(23)20-19-11-13-4-9-17(29-2)16(10-13)22(24)25/h4-11H,12H2,1-3H3,(H,20,23)/b19-11-. The molecule has 1 N–H and O–H groups in total. The normalized spacial score (nSPS) is 11.2.